The number of carbonyl (C=O) groups is 1. The van der Waals surface area contributed by atoms with Crippen LogP contribution in [0.5, 0.6) is 0 Å². The Bertz CT molecular complexity index is 350. The maximum atomic E-state index is 11.8. The zero-order chi connectivity index (χ0) is 12.9. The lowest BCUT2D eigenvalue weighted by Gasteiger charge is -2.27. The van der Waals surface area contributed by atoms with E-state index in [0.29, 0.717) is 13.1 Å². The normalized spacial score (nSPS) is 20.1. The molecule has 100 valence electrons. The van der Waals surface area contributed by atoms with Crippen molar-refractivity contribution < 1.29 is 23.4 Å². The molecule has 0 radical (unpaired) electrons. The Kier molecular flexibility index (Phi) is 5.31. The molecule has 0 aliphatic carbocycles. The number of aliphatic hydroxyl groups is 1. The number of carboxylic acid groups (broad SMARTS) is 1. The summed E-state index contributed by atoms with van der Waals surface area (Å²) in [6.45, 7) is 0.459. The quantitative estimate of drug-likeness (QED) is 0.580. The van der Waals surface area contributed by atoms with Gasteiger partial charge in [-0.3, -0.25) is 4.79 Å². The molecule has 1 atom stereocenters. The number of rotatable bonds is 6. The Morgan fingerprint density at radius 1 is 1.29 bits per heavy atom. The van der Waals surface area contributed by atoms with Crippen molar-refractivity contribution in [1.82, 2.24) is 9.03 Å². The topological polar surface area (TPSA) is 107 Å². The Morgan fingerprint density at radius 3 is 2.35 bits per heavy atom. The average Bonchev–Trinajstić information content (AvgIpc) is 2.29. The van der Waals surface area contributed by atoms with Crippen LogP contribution in [0.15, 0.2) is 0 Å². The number of nitrogens with zero attached hydrogens (tertiary/aromatic N) is 1. The van der Waals surface area contributed by atoms with Gasteiger partial charge in [0.25, 0.3) is 10.2 Å². The third kappa shape index (κ3) is 4.23. The lowest BCUT2D eigenvalue weighted by molar-refractivity contribution is -0.139. The molecule has 3 N–H and O–H groups in total. The fourth-order valence-electron chi connectivity index (χ4n) is 1.72. The van der Waals surface area contributed by atoms with Crippen molar-refractivity contribution in [3.63, 3.8) is 0 Å². The van der Waals surface area contributed by atoms with Crippen LogP contribution < -0.4 is 4.72 Å². The van der Waals surface area contributed by atoms with Gasteiger partial charge in [0.15, 0.2) is 0 Å². The molecule has 0 aromatic heterocycles. The summed E-state index contributed by atoms with van der Waals surface area (Å²) >= 11 is 0. The van der Waals surface area contributed by atoms with E-state index >= 15 is 0 Å². The van der Waals surface area contributed by atoms with Gasteiger partial charge in [0.1, 0.15) is 6.04 Å². The molecule has 7 nitrogen and oxygen atoms in total. The molecule has 1 saturated heterocycles. The molecule has 17 heavy (non-hydrogen) atoms. The van der Waals surface area contributed by atoms with Gasteiger partial charge >= 0.3 is 5.97 Å². The molecule has 1 aliphatic rings. The second-order valence-corrected chi connectivity index (χ2v) is 5.69. The molecule has 1 fully saturated rings. The van der Waals surface area contributed by atoms with Gasteiger partial charge in [-0.25, -0.2) is 0 Å². The predicted molar refractivity (Wildman–Crippen MR) is 60.6 cm³/mol. The van der Waals surface area contributed by atoms with E-state index in [1.165, 1.54) is 4.31 Å². The molecule has 0 bridgehead atoms. The number of piperidine rings is 1. The minimum atomic E-state index is -3.76. The first-order chi connectivity index (χ1) is 7.97. The van der Waals surface area contributed by atoms with Gasteiger partial charge < -0.3 is 10.2 Å². The Labute approximate surface area is 101 Å². The van der Waals surface area contributed by atoms with Crippen LogP contribution in [0.1, 0.15) is 25.7 Å². The number of hydrogen-bond acceptors (Lipinski definition) is 4. The SMILES string of the molecule is O=C(O)C(CCO)NS(=O)(=O)N1CCCCC1. The van der Waals surface area contributed by atoms with Gasteiger partial charge in [0.05, 0.1) is 0 Å². The molecule has 0 amide bonds. The average molecular weight is 266 g/mol. The number of hydrogen-bond donors (Lipinski definition) is 3. The summed E-state index contributed by atoms with van der Waals surface area (Å²) in [6, 6.07) is -1.27. The first kappa shape index (κ1) is 14.4. The third-order valence-electron chi connectivity index (χ3n) is 2.66. The number of aliphatic hydroxyl groups excluding tert-OH is 1. The highest BCUT2D eigenvalue weighted by molar-refractivity contribution is 7.87. The van der Waals surface area contributed by atoms with E-state index in [9.17, 15) is 13.2 Å². The summed E-state index contributed by atoms with van der Waals surface area (Å²) in [7, 11) is -3.76. The van der Waals surface area contributed by atoms with Crippen molar-refractivity contribution >= 4 is 16.2 Å². The zero-order valence-electron chi connectivity index (χ0n) is 9.50. The standard InChI is InChI=1S/C9H18N2O5S/c12-7-4-8(9(13)14)10-17(15,16)11-5-2-1-3-6-11/h8,10,12H,1-7H2,(H,13,14). The molecule has 1 aliphatic heterocycles. The molecule has 0 spiro atoms. The van der Waals surface area contributed by atoms with Crippen LogP contribution in [-0.2, 0) is 15.0 Å². The fourth-order valence-corrected chi connectivity index (χ4v) is 3.19. The second-order valence-electron chi connectivity index (χ2n) is 3.99. The first-order valence-electron chi connectivity index (χ1n) is 5.58. The van der Waals surface area contributed by atoms with Gasteiger partial charge in [0.2, 0.25) is 0 Å². The molecular formula is C9H18N2O5S. The van der Waals surface area contributed by atoms with E-state index in [-0.39, 0.29) is 13.0 Å². The molecule has 0 aromatic rings. The molecule has 0 aromatic carbocycles. The zero-order valence-corrected chi connectivity index (χ0v) is 10.3. The van der Waals surface area contributed by atoms with Gasteiger partial charge in [-0.2, -0.15) is 17.4 Å². The minimum absolute atomic E-state index is 0.137. The lowest BCUT2D eigenvalue weighted by Crippen LogP contribution is -2.50. The van der Waals surface area contributed by atoms with E-state index in [1.807, 2.05) is 0 Å². The maximum absolute atomic E-state index is 11.8. The van der Waals surface area contributed by atoms with Crippen molar-refractivity contribution in [3.05, 3.63) is 0 Å². The summed E-state index contributed by atoms with van der Waals surface area (Å²) in [5.74, 6) is -1.28. The van der Waals surface area contributed by atoms with Crippen LogP contribution >= 0.6 is 0 Å². The highest BCUT2D eigenvalue weighted by Crippen LogP contribution is 2.12. The smallest absolute Gasteiger partial charge is 0.321 e. The highest BCUT2D eigenvalue weighted by Gasteiger charge is 2.29. The Hall–Kier alpha value is -0.700. The van der Waals surface area contributed by atoms with Crippen LogP contribution in [0, 0.1) is 0 Å². The summed E-state index contributed by atoms with van der Waals surface area (Å²) in [6.07, 6.45) is 2.44. The van der Waals surface area contributed by atoms with Crippen molar-refractivity contribution in [3.8, 4) is 0 Å². The largest absolute Gasteiger partial charge is 0.480 e. The maximum Gasteiger partial charge on any atom is 0.321 e. The van der Waals surface area contributed by atoms with Crippen LogP contribution in [0.3, 0.4) is 0 Å². The monoisotopic (exact) mass is 266 g/mol. The summed E-state index contributed by atoms with van der Waals surface area (Å²) in [4.78, 5) is 10.8. The van der Waals surface area contributed by atoms with Crippen LogP contribution in [-0.4, -0.2) is 54.6 Å². The third-order valence-corrected chi connectivity index (χ3v) is 4.29. The number of nitrogens with one attached hydrogen (secondary N) is 1. The van der Waals surface area contributed by atoms with Gasteiger partial charge in [-0.15, -0.1) is 0 Å². The fraction of sp³-hybridized carbons (Fsp3) is 0.889. The first-order valence-corrected chi connectivity index (χ1v) is 7.02. The summed E-state index contributed by atoms with van der Waals surface area (Å²) in [5, 5.41) is 17.5. The van der Waals surface area contributed by atoms with Crippen molar-refractivity contribution in [2.45, 2.75) is 31.7 Å². The van der Waals surface area contributed by atoms with E-state index in [4.69, 9.17) is 10.2 Å². The molecule has 1 heterocycles. The van der Waals surface area contributed by atoms with Gasteiger partial charge in [-0.05, 0) is 19.3 Å². The van der Waals surface area contributed by atoms with Crippen LogP contribution in [0.25, 0.3) is 0 Å². The highest BCUT2D eigenvalue weighted by atomic mass is 32.2. The Morgan fingerprint density at radius 2 is 1.88 bits per heavy atom. The molecule has 0 saturated carbocycles. The molecule has 8 heteroatoms. The van der Waals surface area contributed by atoms with Gasteiger partial charge in [0, 0.05) is 19.7 Å². The second kappa shape index (κ2) is 6.29. The van der Waals surface area contributed by atoms with E-state index in [2.05, 4.69) is 4.72 Å². The molecule has 1 unspecified atom stereocenters. The van der Waals surface area contributed by atoms with Crippen LogP contribution in [0.2, 0.25) is 0 Å². The Balaban J connectivity index is 2.65. The van der Waals surface area contributed by atoms with Crippen molar-refractivity contribution in [2.24, 2.45) is 0 Å². The minimum Gasteiger partial charge on any atom is -0.480 e. The number of aliphatic carboxylic acids is 1. The number of carboxylic acids is 1. The van der Waals surface area contributed by atoms with Crippen molar-refractivity contribution in [1.29, 1.82) is 0 Å². The van der Waals surface area contributed by atoms with E-state index in [1.54, 1.807) is 0 Å². The van der Waals surface area contributed by atoms with Crippen molar-refractivity contribution in [2.75, 3.05) is 19.7 Å². The van der Waals surface area contributed by atoms with E-state index < -0.39 is 22.2 Å². The summed E-state index contributed by atoms with van der Waals surface area (Å²) in [5.41, 5.74) is 0. The summed E-state index contributed by atoms with van der Waals surface area (Å²) < 4.78 is 27.0. The lowest BCUT2D eigenvalue weighted by atomic mass is 10.2. The molecular weight excluding hydrogens is 248 g/mol. The predicted octanol–water partition coefficient (Wildman–Crippen LogP) is -0.858. The van der Waals surface area contributed by atoms with E-state index in [0.717, 1.165) is 19.3 Å². The van der Waals surface area contributed by atoms with Gasteiger partial charge in [-0.1, -0.05) is 6.42 Å². The van der Waals surface area contributed by atoms with Crippen LogP contribution in [0.4, 0.5) is 0 Å². The molecule has 1 rings (SSSR count).